The average Bonchev–Trinajstić information content (AvgIpc) is 3.38. The summed E-state index contributed by atoms with van der Waals surface area (Å²) in [6.07, 6.45) is -0.964. The van der Waals surface area contributed by atoms with Gasteiger partial charge in [-0.25, -0.2) is 4.98 Å². The number of likely N-dealkylation sites (tertiary alicyclic amines) is 2. The van der Waals surface area contributed by atoms with Gasteiger partial charge in [-0.2, -0.15) is 13.2 Å². The van der Waals surface area contributed by atoms with E-state index in [4.69, 9.17) is 0 Å². The van der Waals surface area contributed by atoms with Gasteiger partial charge in [0, 0.05) is 62.7 Å². The largest absolute Gasteiger partial charge is 0.391 e. The molecule has 0 aromatic carbocycles. The fourth-order valence-corrected chi connectivity index (χ4v) is 7.43. The van der Waals surface area contributed by atoms with Gasteiger partial charge in [-0.1, -0.05) is 26.0 Å². The molecule has 4 amide bonds. The number of thiazole rings is 1. The second-order valence-electron chi connectivity index (χ2n) is 13.2. The second-order valence-corrected chi connectivity index (χ2v) is 14.1. The van der Waals surface area contributed by atoms with Crippen molar-refractivity contribution in [3.63, 3.8) is 0 Å². The lowest BCUT2D eigenvalue weighted by molar-refractivity contribution is -0.179. The molecule has 15 heteroatoms. The molecule has 0 saturated carbocycles. The van der Waals surface area contributed by atoms with E-state index in [2.05, 4.69) is 20.6 Å². The molecule has 2 N–H and O–H groups in total. The van der Waals surface area contributed by atoms with Crippen LogP contribution in [0.2, 0.25) is 0 Å². The van der Waals surface area contributed by atoms with Gasteiger partial charge in [0.1, 0.15) is 10.7 Å². The number of aromatic nitrogens is 2. The van der Waals surface area contributed by atoms with Crippen molar-refractivity contribution in [1.82, 2.24) is 30.4 Å². The Morgan fingerprint density at radius 1 is 1.04 bits per heavy atom. The van der Waals surface area contributed by atoms with Crippen LogP contribution in [0.3, 0.4) is 0 Å². The quantitative estimate of drug-likeness (QED) is 0.468. The summed E-state index contributed by atoms with van der Waals surface area (Å²) in [7, 11) is 1.43. The van der Waals surface area contributed by atoms with E-state index in [0.717, 1.165) is 5.57 Å². The highest BCUT2D eigenvalue weighted by molar-refractivity contribution is 7.11. The zero-order chi connectivity index (χ0) is 33.0. The van der Waals surface area contributed by atoms with Crippen molar-refractivity contribution in [3.8, 4) is 0 Å². The van der Waals surface area contributed by atoms with Gasteiger partial charge in [0.15, 0.2) is 6.04 Å². The molecule has 1 aliphatic carbocycles. The van der Waals surface area contributed by atoms with Crippen molar-refractivity contribution in [2.75, 3.05) is 51.2 Å². The minimum Gasteiger partial charge on any atom is -0.357 e. The van der Waals surface area contributed by atoms with Crippen LogP contribution in [0.25, 0.3) is 0 Å². The SMILES string of the molecule is CNC(=O)C(NC(=O)[C@@H]1CN(C(=O)c2cncs2)CC12CN(C(=O)C1=CC1(C)C)C2)c1cccc(N2CCC(C(F)(F)F)CC2)n1. The van der Waals surface area contributed by atoms with Crippen LogP contribution in [0.4, 0.5) is 19.0 Å². The van der Waals surface area contributed by atoms with Gasteiger partial charge in [-0.15, -0.1) is 11.3 Å². The summed E-state index contributed by atoms with van der Waals surface area (Å²) in [6.45, 7) is 5.19. The summed E-state index contributed by atoms with van der Waals surface area (Å²) >= 11 is 1.20. The second kappa shape index (κ2) is 11.7. The van der Waals surface area contributed by atoms with Crippen molar-refractivity contribution < 1.29 is 32.3 Å². The first-order chi connectivity index (χ1) is 21.7. The van der Waals surface area contributed by atoms with Gasteiger partial charge in [0.25, 0.3) is 5.91 Å². The van der Waals surface area contributed by atoms with Crippen molar-refractivity contribution in [3.05, 3.63) is 52.1 Å². The molecule has 3 saturated heterocycles. The number of anilines is 1. The highest BCUT2D eigenvalue weighted by Crippen LogP contribution is 2.49. The van der Waals surface area contributed by atoms with Crippen molar-refractivity contribution in [1.29, 1.82) is 0 Å². The van der Waals surface area contributed by atoms with Gasteiger partial charge >= 0.3 is 6.18 Å². The molecule has 1 spiro atoms. The van der Waals surface area contributed by atoms with E-state index in [9.17, 15) is 32.3 Å². The Kier molecular flexibility index (Phi) is 8.10. The average molecular weight is 660 g/mol. The highest BCUT2D eigenvalue weighted by Gasteiger charge is 2.60. The Balaban J connectivity index is 1.20. The summed E-state index contributed by atoms with van der Waals surface area (Å²) in [6, 6.07) is 3.73. The number of hydrogen-bond donors (Lipinski definition) is 2. The summed E-state index contributed by atoms with van der Waals surface area (Å²) in [5, 5.41) is 5.41. The maximum absolute atomic E-state index is 14.1. The molecule has 1 unspecified atom stereocenters. The molecule has 6 rings (SSSR count). The van der Waals surface area contributed by atoms with E-state index < -0.39 is 41.3 Å². The number of rotatable bonds is 7. The number of amides is 4. The third-order valence-electron chi connectivity index (χ3n) is 9.67. The smallest absolute Gasteiger partial charge is 0.357 e. The topological polar surface area (TPSA) is 128 Å². The van der Waals surface area contributed by atoms with E-state index in [-0.39, 0.29) is 75.0 Å². The molecule has 5 heterocycles. The first-order valence-corrected chi connectivity index (χ1v) is 16.1. The zero-order valence-electron chi connectivity index (χ0n) is 25.8. The number of carbonyl (C=O) groups is 4. The van der Waals surface area contributed by atoms with E-state index >= 15 is 0 Å². The molecule has 3 aliphatic heterocycles. The van der Waals surface area contributed by atoms with Gasteiger partial charge < -0.3 is 25.3 Å². The maximum Gasteiger partial charge on any atom is 0.391 e. The lowest BCUT2D eigenvalue weighted by Crippen LogP contribution is -2.64. The Hall–Kier alpha value is -4.01. The fraction of sp³-hybridized carbons (Fsp3) is 0.548. The first-order valence-electron chi connectivity index (χ1n) is 15.2. The summed E-state index contributed by atoms with van der Waals surface area (Å²) in [5.41, 5.74) is 1.57. The molecule has 46 heavy (non-hydrogen) atoms. The maximum atomic E-state index is 14.1. The third-order valence-corrected chi connectivity index (χ3v) is 10.4. The minimum atomic E-state index is -4.25. The number of piperidine rings is 1. The van der Waals surface area contributed by atoms with E-state index in [1.807, 2.05) is 19.9 Å². The third kappa shape index (κ3) is 5.96. The van der Waals surface area contributed by atoms with Crippen LogP contribution in [0.5, 0.6) is 0 Å². The molecule has 0 radical (unpaired) electrons. The number of nitrogens with one attached hydrogen (secondary N) is 2. The van der Waals surface area contributed by atoms with Crippen molar-refractivity contribution in [2.24, 2.45) is 22.7 Å². The van der Waals surface area contributed by atoms with Crippen molar-refractivity contribution >= 4 is 40.8 Å². The number of carbonyl (C=O) groups excluding carboxylic acids is 4. The molecule has 2 aromatic rings. The Labute approximate surface area is 268 Å². The van der Waals surface area contributed by atoms with Crippen LogP contribution in [0, 0.1) is 22.7 Å². The van der Waals surface area contributed by atoms with Crippen LogP contribution in [0.1, 0.15) is 48.1 Å². The monoisotopic (exact) mass is 659 g/mol. The van der Waals surface area contributed by atoms with Gasteiger partial charge in [-0.3, -0.25) is 24.2 Å². The molecule has 0 bridgehead atoms. The van der Waals surface area contributed by atoms with E-state index in [0.29, 0.717) is 10.7 Å². The van der Waals surface area contributed by atoms with Crippen molar-refractivity contribution in [2.45, 2.75) is 38.9 Å². The summed E-state index contributed by atoms with van der Waals surface area (Å²) in [5.74, 6) is -2.96. The summed E-state index contributed by atoms with van der Waals surface area (Å²) < 4.78 is 39.6. The predicted molar refractivity (Wildman–Crippen MR) is 163 cm³/mol. The zero-order valence-corrected chi connectivity index (χ0v) is 26.6. The number of halogens is 3. The summed E-state index contributed by atoms with van der Waals surface area (Å²) in [4.78, 5) is 67.7. The van der Waals surface area contributed by atoms with Gasteiger partial charge in [-0.05, 0) is 25.0 Å². The van der Waals surface area contributed by atoms with Crippen LogP contribution in [-0.4, -0.2) is 95.9 Å². The molecular formula is C31H36F3N7O4S. The number of pyridine rings is 1. The first kappa shape index (κ1) is 32.0. The van der Waals surface area contributed by atoms with Gasteiger partial charge in [0.05, 0.1) is 29.2 Å². The molecule has 2 aromatic heterocycles. The highest BCUT2D eigenvalue weighted by atomic mass is 32.1. The Bertz CT molecular complexity index is 1560. The van der Waals surface area contributed by atoms with Crippen LogP contribution in [0.15, 0.2) is 41.6 Å². The molecular weight excluding hydrogens is 623 g/mol. The number of nitrogens with zero attached hydrogens (tertiary/aromatic N) is 5. The number of alkyl halides is 3. The standard InChI is InChI=1S/C31H36F3N7O4S/c1-29(2)11-19(29)27(44)41-15-30(16-41)14-40(28(45)22-12-36-17-46-22)13-20(30)25(42)38-24(26(43)35-3)21-5-4-6-23(37-21)39-9-7-18(8-10-39)31(32,33)34/h4-6,11-12,17-18,20,24H,7-10,13-16H2,1-3H3,(H,35,43)(H,38,42)/t20-,24?/m0/s1. The lowest BCUT2D eigenvalue weighted by Gasteiger charge is -2.50. The molecule has 4 aliphatic rings. The van der Waals surface area contributed by atoms with E-state index in [1.165, 1.54) is 24.6 Å². The van der Waals surface area contributed by atoms with Gasteiger partial charge in [0.2, 0.25) is 17.7 Å². The number of hydrogen-bond acceptors (Lipinski definition) is 8. The normalized spacial score (nSPS) is 22.6. The Morgan fingerprint density at radius 3 is 2.30 bits per heavy atom. The van der Waals surface area contributed by atoms with E-state index in [1.54, 1.807) is 38.4 Å². The van der Waals surface area contributed by atoms with Crippen LogP contribution in [-0.2, 0) is 14.4 Å². The lowest BCUT2D eigenvalue weighted by atomic mass is 9.70. The number of likely N-dealkylation sites (N-methyl/N-ethyl adjacent to an activating group) is 1. The number of allylic oxidation sites excluding steroid dienone is 1. The minimum absolute atomic E-state index is 0.0557. The molecule has 3 fully saturated rings. The molecule has 11 nitrogen and oxygen atoms in total. The fourth-order valence-electron chi connectivity index (χ4n) is 6.85. The van der Waals surface area contributed by atoms with Crippen LogP contribution >= 0.6 is 11.3 Å². The molecule has 246 valence electrons. The molecule has 2 atom stereocenters. The van der Waals surface area contributed by atoms with Crippen LogP contribution < -0.4 is 15.5 Å². The predicted octanol–water partition coefficient (Wildman–Crippen LogP) is 2.79. The Morgan fingerprint density at radius 2 is 1.72 bits per heavy atom.